The van der Waals surface area contributed by atoms with Gasteiger partial charge in [0.15, 0.2) is 0 Å². The Morgan fingerprint density at radius 2 is 1.50 bits per heavy atom. The van der Waals surface area contributed by atoms with Crippen LogP contribution >= 0.6 is 0 Å². The van der Waals surface area contributed by atoms with Gasteiger partial charge < -0.3 is 5.32 Å². The van der Waals surface area contributed by atoms with E-state index in [2.05, 4.69) is 19.2 Å². The molecular weight excluding hydrogens is 324 g/mol. The van der Waals surface area contributed by atoms with Gasteiger partial charge in [-0.2, -0.15) is 0 Å². The summed E-state index contributed by atoms with van der Waals surface area (Å²) in [6, 6.07) is 13.6. The van der Waals surface area contributed by atoms with Crippen LogP contribution in [0, 0.1) is 0 Å². The predicted molar refractivity (Wildman–Crippen MR) is 95.8 cm³/mol. The van der Waals surface area contributed by atoms with Gasteiger partial charge in [0.05, 0.1) is 4.90 Å². The maximum atomic E-state index is 12.3. The third-order valence-corrected chi connectivity index (χ3v) is 5.56. The smallest absolute Gasteiger partial charge is 0.255 e. The molecule has 6 heteroatoms. The Hall–Kier alpha value is -2.18. The molecule has 2 aromatic rings. The molecule has 0 unspecified atom stereocenters. The summed E-state index contributed by atoms with van der Waals surface area (Å²) in [5.41, 5.74) is 2.31. The molecule has 0 spiro atoms. The van der Waals surface area contributed by atoms with Gasteiger partial charge in [0, 0.05) is 25.3 Å². The first kappa shape index (κ1) is 18.2. The Bertz CT molecular complexity index is 808. The number of hydrogen-bond acceptors (Lipinski definition) is 3. The third-order valence-electron chi connectivity index (χ3n) is 3.73. The first-order valence-electron chi connectivity index (χ1n) is 7.65. The van der Waals surface area contributed by atoms with E-state index in [9.17, 15) is 13.2 Å². The normalized spacial score (nSPS) is 11.8. The molecule has 0 fully saturated rings. The molecule has 128 valence electrons. The molecule has 1 amide bonds. The lowest BCUT2D eigenvalue weighted by Crippen LogP contribution is -2.22. The second-order valence-corrected chi connectivity index (χ2v) is 8.19. The standard InChI is InChI=1S/C18H22N2O3S/c1-13(2)14-5-9-16(10-6-14)19-18(21)15-7-11-17(12-8-15)24(22,23)20(3)4/h5-13H,1-4H3,(H,19,21). The molecule has 1 N–H and O–H groups in total. The van der Waals surface area contributed by atoms with Crippen molar-refractivity contribution < 1.29 is 13.2 Å². The van der Waals surface area contributed by atoms with Crippen LogP contribution in [0.3, 0.4) is 0 Å². The van der Waals surface area contributed by atoms with Gasteiger partial charge >= 0.3 is 0 Å². The van der Waals surface area contributed by atoms with Crippen LogP contribution in [0.4, 0.5) is 5.69 Å². The fourth-order valence-electron chi connectivity index (χ4n) is 2.14. The number of hydrogen-bond donors (Lipinski definition) is 1. The fourth-order valence-corrected chi connectivity index (χ4v) is 3.05. The van der Waals surface area contributed by atoms with Crippen molar-refractivity contribution in [3.05, 3.63) is 59.7 Å². The molecule has 24 heavy (non-hydrogen) atoms. The topological polar surface area (TPSA) is 66.5 Å². The molecule has 0 aliphatic carbocycles. The first-order valence-corrected chi connectivity index (χ1v) is 9.09. The highest BCUT2D eigenvalue weighted by atomic mass is 32.2. The average molecular weight is 346 g/mol. The van der Waals surface area contributed by atoms with Crippen LogP contribution in [0.2, 0.25) is 0 Å². The Morgan fingerprint density at radius 1 is 0.958 bits per heavy atom. The van der Waals surface area contributed by atoms with Crippen molar-refractivity contribution >= 4 is 21.6 Å². The van der Waals surface area contributed by atoms with E-state index in [1.807, 2.05) is 24.3 Å². The van der Waals surface area contributed by atoms with Gasteiger partial charge in [0.2, 0.25) is 10.0 Å². The van der Waals surface area contributed by atoms with Gasteiger partial charge in [-0.25, -0.2) is 12.7 Å². The van der Waals surface area contributed by atoms with Crippen LogP contribution < -0.4 is 5.32 Å². The zero-order valence-corrected chi connectivity index (χ0v) is 15.1. The summed E-state index contributed by atoms with van der Waals surface area (Å²) >= 11 is 0. The van der Waals surface area contributed by atoms with Gasteiger partial charge in [0.1, 0.15) is 0 Å². The monoisotopic (exact) mass is 346 g/mol. The molecule has 5 nitrogen and oxygen atoms in total. The van der Waals surface area contributed by atoms with E-state index >= 15 is 0 Å². The number of nitrogens with one attached hydrogen (secondary N) is 1. The number of sulfonamides is 1. The van der Waals surface area contributed by atoms with Crippen LogP contribution in [0.25, 0.3) is 0 Å². The number of carbonyl (C=O) groups is 1. The van der Waals surface area contributed by atoms with Crippen LogP contribution in [0.15, 0.2) is 53.4 Å². The zero-order chi connectivity index (χ0) is 17.9. The van der Waals surface area contributed by atoms with Crippen molar-refractivity contribution in [2.45, 2.75) is 24.7 Å². The molecule has 0 aliphatic heterocycles. The summed E-state index contributed by atoms with van der Waals surface area (Å²) < 4.78 is 25.2. The molecule has 0 bridgehead atoms. The largest absolute Gasteiger partial charge is 0.322 e. The lowest BCUT2D eigenvalue weighted by molar-refractivity contribution is 0.102. The van der Waals surface area contributed by atoms with Gasteiger partial charge in [-0.05, 0) is 47.9 Å². The highest BCUT2D eigenvalue weighted by Gasteiger charge is 2.17. The number of rotatable bonds is 5. The number of nitrogens with zero attached hydrogens (tertiary/aromatic N) is 1. The van der Waals surface area contributed by atoms with Crippen molar-refractivity contribution in [1.82, 2.24) is 4.31 Å². The molecular formula is C18H22N2O3S. The van der Waals surface area contributed by atoms with Crippen LogP contribution in [0.1, 0.15) is 35.7 Å². The van der Waals surface area contributed by atoms with Crippen molar-refractivity contribution in [3.8, 4) is 0 Å². The minimum Gasteiger partial charge on any atom is -0.322 e. The highest BCUT2D eigenvalue weighted by Crippen LogP contribution is 2.18. The Labute approximate surface area is 143 Å². The maximum absolute atomic E-state index is 12.3. The summed E-state index contributed by atoms with van der Waals surface area (Å²) in [7, 11) is -0.552. The molecule has 0 saturated heterocycles. The Balaban J connectivity index is 2.13. The van der Waals surface area contributed by atoms with Crippen LogP contribution in [-0.2, 0) is 10.0 Å². The first-order chi connectivity index (χ1) is 11.2. The van der Waals surface area contributed by atoms with Crippen molar-refractivity contribution in [2.24, 2.45) is 0 Å². The summed E-state index contributed by atoms with van der Waals surface area (Å²) in [6.45, 7) is 4.22. The van der Waals surface area contributed by atoms with Crippen molar-refractivity contribution in [2.75, 3.05) is 19.4 Å². The molecule has 0 aliphatic rings. The van der Waals surface area contributed by atoms with E-state index in [-0.39, 0.29) is 10.8 Å². The van der Waals surface area contributed by atoms with Gasteiger partial charge in [-0.1, -0.05) is 26.0 Å². The van der Waals surface area contributed by atoms with E-state index in [1.54, 1.807) is 0 Å². The molecule has 0 saturated carbocycles. The van der Waals surface area contributed by atoms with Gasteiger partial charge in [0.25, 0.3) is 5.91 Å². The van der Waals surface area contributed by atoms with Gasteiger partial charge in [-0.15, -0.1) is 0 Å². The summed E-state index contributed by atoms with van der Waals surface area (Å²) in [4.78, 5) is 12.4. The van der Waals surface area contributed by atoms with Crippen molar-refractivity contribution in [3.63, 3.8) is 0 Å². The molecule has 0 heterocycles. The maximum Gasteiger partial charge on any atom is 0.255 e. The SMILES string of the molecule is CC(C)c1ccc(NC(=O)c2ccc(S(=O)(=O)N(C)C)cc2)cc1. The zero-order valence-electron chi connectivity index (χ0n) is 14.3. The predicted octanol–water partition coefficient (Wildman–Crippen LogP) is 3.31. The molecule has 0 atom stereocenters. The lowest BCUT2D eigenvalue weighted by atomic mass is 10.0. The summed E-state index contributed by atoms with van der Waals surface area (Å²) in [5, 5.41) is 2.81. The lowest BCUT2D eigenvalue weighted by Gasteiger charge is -2.12. The van der Waals surface area contributed by atoms with Gasteiger partial charge in [-0.3, -0.25) is 4.79 Å². The third kappa shape index (κ3) is 4.01. The number of anilines is 1. The van der Waals surface area contributed by atoms with E-state index in [0.717, 1.165) is 4.31 Å². The quantitative estimate of drug-likeness (QED) is 0.903. The number of amides is 1. The Kier molecular flexibility index (Phi) is 5.41. The second-order valence-electron chi connectivity index (χ2n) is 6.04. The number of benzene rings is 2. The molecule has 0 radical (unpaired) electrons. The minimum atomic E-state index is -3.49. The highest BCUT2D eigenvalue weighted by molar-refractivity contribution is 7.89. The summed E-state index contributed by atoms with van der Waals surface area (Å²) in [5.74, 6) is 0.155. The minimum absolute atomic E-state index is 0.158. The molecule has 2 rings (SSSR count). The molecule has 0 aromatic heterocycles. The fraction of sp³-hybridized carbons (Fsp3) is 0.278. The second kappa shape index (κ2) is 7.15. The number of carbonyl (C=O) groups excluding carboxylic acids is 1. The molecule has 2 aromatic carbocycles. The Morgan fingerprint density at radius 3 is 1.96 bits per heavy atom. The van der Waals surface area contributed by atoms with Crippen molar-refractivity contribution in [1.29, 1.82) is 0 Å². The average Bonchev–Trinajstić information content (AvgIpc) is 2.55. The summed E-state index contributed by atoms with van der Waals surface area (Å²) in [6.07, 6.45) is 0. The van der Waals surface area contributed by atoms with E-state index in [4.69, 9.17) is 0 Å². The van der Waals surface area contributed by atoms with Crippen LogP contribution in [-0.4, -0.2) is 32.7 Å². The van der Waals surface area contributed by atoms with Crippen LogP contribution in [0.5, 0.6) is 0 Å². The van der Waals surface area contributed by atoms with E-state index in [0.29, 0.717) is 17.2 Å². The van der Waals surface area contributed by atoms with E-state index < -0.39 is 10.0 Å². The van der Waals surface area contributed by atoms with E-state index in [1.165, 1.54) is 43.9 Å².